The summed E-state index contributed by atoms with van der Waals surface area (Å²) in [5, 5.41) is 5.75. The van der Waals surface area contributed by atoms with Gasteiger partial charge in [-0.1, -0.05) is 93.6 Å². The summed E-state index contributed by atoms with van der Waals surface area (Å²) < 4.78 is 0. The molecular formula is C27H25P. The van der Waals surface area contributed by atoms with Crippen LogP contribution >= 0.6 is 7.92 Å². The van der Waals surface area contributed by atoms with Crippen molar-refractivity contribution >= 4 is 29.5 Å². The van der Waals surface area contributed by atoms with E-state index in [1.807, 2.05) is 0 Å². The Bertz CT molecular complexity index is 1100. The maximum absolute atomic E-state index is 2.40. The smallest absolute Gasteiger partial charge is 0.00553 e. The van der Waals surface area contributed by atoms with E-state index in [0.717, 1.165) is 5.66 Å². The second kappa shape index (κ2) is 6.71. The fourth-order valence-electron chi connectivity index (χ4n) is 5.51. The number of benzene rings is 4. The van der Waals surface area contributed by atoms with E-state index in [0.29, 0.717) is 0 Å². The lowest BCUT2D eigenvalue weighted by Gasteiger charge is -2.24. The molecule has 28 heavy (non-hydrogen) atoms. The molecule has 4 aromatic rings. The zero-order valence-electron chi connectivity index (χ0n) is 16.2. The van der Waals surface area contributed by atoms with E-state index < -0.39 is 0 Å². The van der Waals surface area contributed by atoms with Gasteiger partial charge in [-0.3, -0.25) is 0 Å². The Balaban J connectivity index is 1.65. The van der Waals surface area contributed by atoms with E-state index in [2.05, 4.69) is 72.8 Å². The summed E-state index contributed by atoms with van der Waals surface area (Å²) in [5.41, 5.74) is 7.16. The van der Waals surface area contributed by atoms with Crippen molar-refractivity contribution in [1.82, 2.24) is 0 Å². The van der Waals surface area contributed by atoms with Crippen molar-refractivity contribution in [3.8, 4) is 11.1 Å². The minimum Gasteiger partial charge on any atom is -0.0945 e. The Morgan fingerprint density at radius 1 is 0.571 bits per heavy atom. The molecule has 1 heterocycles. The SMILES string of the molecule is c1ccc2c3c(ccc2c1)-c1ccc2ccccc2c1CP(C1CCCC1)C3. The maximum atomic E-state index is 2.40. The van der Waals surface area contributed by atoms with Crippen LogP contribution in [-0.4, -0.2) is 5.66 Å². The fourth-order valence-corrected chi connectivity index (χ4v) is 8.72. The van der Waals surface area contributed by atoms with Crippen LogP contribution in [0.4, 0.5) is 0 Å². The molecule has 0 unspecified atom stereocenters. The van der Waals surface area contributed by atoms with Crippen LogP contribution < -0.4 is 0 Å². The van der Waals surface area contributed by atoms with Gasteiger partial charge in [0.05, 0.1) is 0 Å². The summed E-state index contributed by atoms with van der Waals surface area (Å²) in [4.78, 5) is 0. The highest BCUT2D eigenvalue weighted by atomic mass is 31.1. The fraction of sp³-hybridized carbons (Fsp3) is 0.259. The maximum Gasteiger partial charge on any atom is -0.00553 e. The minimum absolute atomic E-state index is 0.0191. The molecule has 0 bridgehead atoms. The molecule has 0 amide bonds. The van der Waals surface area contributed by atoms with Gasteiger partial charge in [0.1, 0.15) is 0 Å². The van der Waals surface area contributed by atoms with Gasteiger partial charge in [-0.25, -0.2) is 0 Å². The van der Waals surface area contributed by atoms with Gasteiger partial charge in [0.25, 0.3) is 0 Å². The summed E-state index contributed by atoms with van der Waals surface area (Å²) in [7, 11) is -0.0191. The third-order valence-corrected chi connectivity index (χ3v) is 9.93. The van der Waals surface area contributed by atoms with Crippen LogP contribution in [0.2, 0.25) is 0 Å². The van der Waals surface area contributed by atoms with Gasteiger partial charge in [0, 0.05) is 0 Å². The van der Waals surface area contributed by atoms with Gasteiger partial charge < -0.3 is 0 Å². The molecule has 1 aliphatic carbocycles. The zero-order chi connectivity index (χ0) is 18.5. The van der Waals surface area contributed by atoms with Crippen molar-refractivity contribution in [2.45, 2.75) is 43.7 Å². The normalized spacial score (nSPS) is 17.6. The first kappa shape index (κ1) is 16.8. The van der Waals surface area contributed by atoms with Crippen LogP contribution in [0.3, 0.4) is 0 Å². The Morgan fingerprint density at radius 3 is 1.61 bits per heavy atom. The first-order valence-electron chi connectivity index (χ1n) is 10.6. The molecule has 0 aromatic heterocycles. The van der Waals surface area contributed by atoms with Crippen LogP contribution in [0.5, 0.6) is 0 Å². The molecule has 4 aromatic carbocycles. The number of rotatable bonds is 1. The molecular weight excluding hydrogens is 355 g/mol. The van der Waals surface area contributed by atoms with E-state index in [1.54, 1.807) is 11.1 Å². The van der Waals surface area contributed by atoms with Crippen molar-refractivity contribution < 1.29 is 0 Å². The van der Waals surface area contributed by atoms with E-state index in [1.165, 1.54) is 70.7 Å². The highest BCUT2D eigenvalue weighted by Gasteiger charge is 2.30. The lowest BCUT2D eigenvalue weighted by atomic mass is 9.90. The van der Waals surface area contributed by atoms with E-state index in [4.69, 9.17) is 0 Å². The van der Waals surface area contributed by atoms with Crippen molar-refractivity contribution in [3.63, 3.8) is 0 Å². The van der Waals surface area contributed by atoms with Crippen LogP contribution in [0.25, 0.3) is 32.7 Å². The summed E-state index contributed by atoms with van der Waals surface area (Å²) >= 11 is 0. The van der Waals surface area contributed by atoms with E-state index in [-0.39, 0.29) is 7.92 Å². The molecule has 1 heteroatoms. The Kier molecular flexibility index (Phi) is 4.02. The molecule has 2 aliphatic rings. The average molecular weight is 380 g/mol. The third kappa shape index (κ3) is 2.62. The van der Waals surface area contributed by atoms with Gasteiger partial charge in [0.2, 0.25) is 0 Å². The second-order valence-electron chi connectivity index (χ2n) is 8.47. The van der Waals surface area contributed by atoms with Gasteiger partial charge in [0.15, 0.2) is 0 Å². The molecule has 1 saturated carbocycles. The summed E-state index contributed by atoms with van der Waals surface area (Å²) in [5.74, 6) is 0. The molecule has 0 spiro atoms. The summed E-state index contributed by atoms with van der Waals surface area (Å²) in [6.07, 6.45) is 8.36. The molecule has 0 radical (unpaired) electrons. The largest absolute Gasteiger partial charge is 0.0945 e. The first-order chi connectivity index (χ1) is 13.9. The molecule has 1 fully saturated rings. The monoisotopic (exact) mass is 380 g/mol. The molecule has 138 valence electrons. The van der Waals surface area contributed by atoms with Crippen LogP contribution in [0.15, 0.2) is 72.8 Å². The summed E-state index contributed by atoms with van der Waals surface area (Å²) in [6, 6.07) is 27.5. The minimum atomic E-state index is -0.0191. The average Bonchev–Trinajstić information content (AvgIpc) is 3.22. The first-order valence-corrected chi connectivity index (χ1v) is 12.4. The Hall–Kier alpha value is -2.17. The molecule has 0 N–H and O–H groups in total. The van der Waals surface area contributed by atoms with Gasteiger partial charge in [-0.05, 0) is 74.6 Å². The van der Waals surface area contributed by atoms with Gasteiger partial charge >= 0.3 is 0 Å². The molecule has 0 saturated heterocycles. The lowest BCUT2D eigenvalue weighted by Crippen LogP contribution is -2.03. The number of hydrogen-bond donors (Lipinski definition) is 0. The van der Waals surface area contributed by atoms with Gasteiger partial charge in [-0.15, -0.1) is 0 Å². The molecule has 0 nitrogen and oxygen atoms in total. The topological polar surface area (TPSA) is 0 Å². The van der Waals surface area contributed by atoms with Gasteiger partial charge in [-0.2, -0.15) is 0 Å². The standard InChI is InChI=1S/C27H25P/c1-5-11-22-19(7-1)13-15-24-25-16-14-20-8-2-6-12-23(20)27(25)18-28(17-26(22)24)21-9-3-4-10-21/h1-2,5-8,11-16,21H,3-4,9-10,17-18H2. The van der Waals surface area contributed by atoms with Crippen molar-refractivity contribution in [1.29, 1.82) is 0 Å². The highest BCUT2D eigenvalue weighted by molar-refractivity contribution is 7.56. The predicted octanol–water partition coefficient (Wildman–Crippen LogP) is 8.10. The van der Waals surface area contributed by atoms with Crippen molar-refractivity contribution in [2.24, 2.45) is 0 Å². The zero-order valence-corrected chi connectivity index (χ0v) is 17.1. The van der Waals surface area contributed by atoms with E-state index in [9.17, 15) is 0 Å². The molecule has 0 atom stereocenters. The molecule has 6 rings (SSSR count). The predicted molar refractivity (Wildman–Crippen MR) is 123 cm³/mol. The quantitative estimate of drug-likeness (QED) is 0.293. The summed E-state index contributed by atoms with van der Waals surface area (Å²) in [6.45, 7) is 0. The lowest BCUT2D eigenvalue weighted by molar-refractivity contribution is 0.884. The van der Waals surface area contributed by atoms with Crippen LogP contribution in [0, 0.1) is 0 Å². The number of hydrogen-bond acceptors (Lipinski definition) is 0. The van der Waals surface area contributed by atoms with Crippen LogP contribution in [-0.2, 0) is 12.3 Å². The highest BCUT2D eigenvalue weighted by Crippen LogP contribution is 2.58. The van der Waals surface area contributed by atoms with Crippen LogP contribution in [0.1, 0.15) is 36.8 Å². The Morgan fingerprint density at radius 2 is 1.07 bits per heavy atom. The number of fused-ring (bicyclic) bond motifs is 7. The van der Waals surface area contributed by atoms with Crippen molar-refractivity contribution in [2.75, 3.05) is 0 Å². The molecule has 1 aliphatic heterocycles. The second-order valence-corrected chi connectivity index (χ2v) is 11.0. The Labute approximate surface area is 168 Å². The van der Waals surface area contributed by atoms with E-state index >= 15 is 0 Å². The van der Waals surface area contributed by atoms with Crippen molar-refractivity contribution in [3.05, 3.63) is 83.9 Å². The third-order valence-electron chi connectivity index (χ3n) is 6.93.